The number of benzene rings is 2. The lowest BCUT2D eigenvalue weighted by Crippen LogP contribution is -2.31. The van der Waals surface area contributed by atoms with Crippen molar-refractivity contribution in [2.24, 2.45) is 0 Å². The van der Waals surface area contributed by atoms with Gasteiger partial charge in [-0.15, -0.1) is 0 Å². The average molecular weight is 359 g/mol. The van der Waals surface area contributed by atoms with Crippen molar-refractivity contribution in [2.75, 3.05) is 4.90 Å². The highest BCUT2D eigenvalue weighted by molar-refractivity contribution is 7.80. The van der Waals surface area contributed by atoms with Gasteiger partial charge in [-0.1, -0.05) is 43.3 Å². The molecule has 0 spiro atoms. The van der Waals surface area contributed by atoms with E-state index in [2.05, 4.69) is 17.2 Å². The van der Waals surface area contributed by atoms with E-state index in [1.54, 1.807) is 11.1 Å². The number of amides is 1. The maximum atomic E-state index is 13.0. The highest BCUT2D eigenvalue weighted by Gasteiger charge is 2.33. The van der Waals surface area contributed by atoms with Gasteiger partial charge in [0.2, 0.25) is 0 Å². The van der Waals surface area contributed by atoms with Gasteiger partial charge in [0.25, 0.3) is 5.91 Å². The predicted molar refractivity (Wildman–Crippen MR) is 109 cm³/mol. The van der Waals surface area contributed by atoms with Crippen LogP contribution in [0.15, 0.2) is 66.5 Å². The molecule has 1 saturated heterocycles. The number of thiocarbonyl (C=S) groups is 1. The molecule has 0 unspecified atom stereocenters. The number of hydrogen-bond donors (Lipinski definition) is 1. The van der Waals surface area contributed by atoms with E-state index in [1.165, 1.54) is 0 Å². The Morgan fingerprint density at radius 2 is 1.88 bits per heavy atom. The van der Waals surface area contributed by atoms with Gasteiger partial charge in [0, 0.05) is 11.6 Å². The van der Waals surface area contributed by atoms with Gasteiger partial charge in [-0.05, 0) is 54.0 Å². The Kier molecular flexibility index (Phi) is 4.22. The molecule has 1 fully saturated rings. The van der Waals surface area contributed by atoms with E-state index in [1.807, 2.05) is 60.7 Å². The zero-order valence-electron chi connectivity index (χ0n) is 14.3. The summed E-state index contributed by atoms with van der Waals surface area (Å²) >= 11 is 5.44. The van der Waals surface area contributed by atoms with Crippen LogP contribution in [0, 0.1) is 0 Å². The monoisotopic (exact) mass is 359 g/mol. The largest absolute Gasteiger partial charge is 0.327 e. The standard InChI is InChI=1S/C21H17N3OS/c1-2-14-7-3-6-10-19(14)24-20(25)18(23-21(24)26)13-15-11-12-22-17-9-5-4-8-16(15)17/h3-13H,2H2,1H3,(H,23,26)/b18-13+. The number of carbonyl (C=O) groups is 1. The highest BCUT2D eigenvalue weighted by Crippen LogP contribution is 2.27. The maximum absolute atomic E-state index is 13.0. The highest BCUT2D eigenvalue weighted by atomic mass is 32.1. The molecule has 2 aromatic carbocycles. The first-order chi connectivity index (χ1) is 12.7. The molecule has 3 aromatic rings. The van der Waals surface area contributed by atoms with Gasteiger partial charge in [-0.25, -0.2) is 0 Å². The Labute approximate surface area is 157 Å². The predicted octanol–water partition coefficient (Wildman–Crippen LogP) is 4.06. The molecule has 0 atom stereocenters. The smallest absolute Gasteiger partial charge is 0.281 e. The van der Waals surface area contributed by atoms with Crippen molar-refractivity contribution in [1.82, 2.24) is 10.3 Å². The quantitative estimate of drug-likeness (QED) is 0.566. The van der Waals surface area contributed by atoms with E-state index in [0.717, 1.165) is 34.1 Å². The number of para-hydroxylation sites is 2. The molecule has 2 heterocycles. The third kappa shape index (κ3) is 2.76. The summed E-state index contributed by atoms with van der Waals surface area (Å²) < 4.78 is 0. The minimum Gasteiger partial charge on any atom is -0.327 e. The topological polar surface area (TPSA) is 45.2 Å². The fourth-order valence-corrected chi connectivity index (χ4v) is 3.47. The molecule has 0 bridgehead atoms. The summed E-state index contributed by atoms with van der Waals surface area (Å²) in [6.45, 7) is 2.07. The molecular formula is C21H17N3OS. The summed E-state index contributed by atoms with van der Waals surface area (Å²) in [4.78, 5) is 19.0. The summed E-state index contributed by atoms with van der Waals surface area (Å²) in [5.41, 5.74) is 4.21. The number of rotatable bonds is 3. The second-order valence-corrected chi connectivity index (χ2v) is 6.42. The summed E-state index contributed by atoms with van der Waals surface area (Å²) in [6, 6.07) is 17.6. The summed E-state index contributed by atoms with van der Waals surface area (Å²) in [5.74, 6) is -0.142. The van der Waals surface area contributed by atoms with Gasteiger partial charge in [0.15, 0.2) is 5.11 Å². The molecule has 1 aliphatic rings. The van der Waals surface area contributed by atoms with E-state index in [-0.39, 0.29) is 5.91 Å². The number of nitrogens with zero attached hydrogens (tertiary/aromatic N) is 2. The van der Waals surface area contributed by atoms with Crippen LogP contribution in [0.25, 0.3) is 17.0 Å². The maximum Gasteiger partial charge on any atom is 0.281 e. The van der Waals surface area contributed by atoms with Crippen LogP contribution < -0.4 is 10.2 Å². The van der Waals surface area contributed by atoms with E-state index in [0.29, 0.717) is 10.8 Å². The van der Waals surface area contributed by atoms with Crippen molar-refractivity contribution in [3.8, 4) is 0 Å². The first-order valence-electron chi connectivity index (χ1n) is 8.48. The normalized spacial score (nSPS) is 15.7. The number of hydrogen-bond acceptors (Lipinski definition) is 3. The van der Waals surface area contributed by atoms with Crippen LogP contribution in [0.1, 0.15) is 18.1 Å². The molecule has 0 saturated carbocycles. The lowest BCUT2D eigenvalue weighted by Gasteiger charge is -2.17. The second kappa shape index (κ2) is 6.69. The lowest BCUT2D eigenvalue weighted by atomic mass is 10.1. The van der Waals surface area contributed by atoms with E-state index in [4.69, 9.17) is 12.2 Å². The summed E-state index contributed by atoms with van der Waals surface area (Å²) in [6.07, 6.45) is 4.42. The van der Waals surface area contributed by atoms with Crippen LogP contribution >= 0.6 is 12.2 Å². The number of anilines is 1. The number of aryl methyl sites for hydroxylation is 1. The van der Waals surface area contributed by atoms with Gasteiger partial charge in [-0.3, -0.25) is 14.7 Å². The van der Waals surface area contributed by atoms with Crippen LogP contribution in [0.2, 0.25) is 0 Å². The van der Waals surface area contributed by atoms with Crippen molar-refractivity contribution < 1.29 is 4.79 Å². The fraction of sp³-hybridized carbons (Fsp3) is 0.0952. The second-order valence-electron chi connectivity index (χ2n) is 6.03. The van der Waals surface area contributed by atoms with Gasteiger partial charge >= 0.3 is 0 Å². The molecule has 128 valence electrons. The molecule has 0 radical (unpaired) electrons. The first-order valence-corrected chi connectivity index (χ1v) is 8.88. The molecule has 1 aromatic heterocycles. The first kappa shape index (κ1) is 16.4. The molecule has 4 nitrogen and oxygen atoms in total. The Balaban J connectivity index is 1.76. The Morgan fingerprint density at radius 1 is 1.12 bits per heavy atom. The van der Waals surface area contributed by atoms with Crippen LogP contribution in [-0.2, 0) is 11.2 Å². The van der Waals surface area contributed by atoms with Crippen LogP contribution in [0.5, 0.6) is 0 Å². The number of nitrogens with one attached hydrogen (secondary N) is 1. The van der Waals surface area contributed by atoms with E-state index in [9.17, 15) is 4.79 Å². The summed E-state index contributed by atoms with van der Waals surface area (Å²) in [5, 5.41) is 4.46. The zero-order valence-corrected chi connectivity index (χ0v) is 15.1. The van der Waals surface area contributed by atoms with Gasteiger partial charge < -0.3 is 5.32 Å². The van der Waals surface area contributed by atoms with Gasteiger partial charge in [0.1, 0.15) is 5.70 Å². The molecule has 1 aliphatic heterocycles. The third-order valence-electron chi connectivity index (χ3n) is 4.47. The number of aromatic nitrogens is 1. The number of carbonyl (C=O) groups excluding carboxylic acids is 1. The molecule has 26 heavy (non-hydrogen) atoms. The van der Waals surface area contributed by atoms with Crippen LogP contribution in [0.4, 0.5) is 5.69 Å². The van der Waals surface area contributed by atoms with Crippen molar-refractivity contribution in [3.05, 3.63) is 77.6 Å². The molecule has 4 rings (SSSR count). The van der Waals surface area contributed by atoms with Crippen molar-refractivity contribution in [3.63, 3.8) is 0 Å². The van der Waals surface area contributed by atoms with Crippen molar-refractivity contribution in [2.45, 2.75) is 13.3 Å². The SMILES string of the molecule is CCc1ccccc1N1C(=O)/C(=C\c2ccnc3ccccc23)NC1=S. The number of pyridine rings is 1. The van der Waals surface area contributed by atoms with Crippen LogP contribution in [-0.4, -0.2) is 16.0 Å². The van der Waals surface area contributed by atoms with Crippen LogP contribution in [0.3, 0.4) is 0 Å². The lowest BCUT2D eigenvalue weighted by molar-refractivity contribution is -0.113. The Bertz CT molecular complexity index is 1050. The average Bonchev–Trinajstić information content (AvgIpc) is 2.95. The molecule has 5 heteroatoms. The molecular weight excluding hydrogens is 342 g/mol. The van der Waals surface area contributed by atoms with Crippen molar-refractivity contribution >= 4 is 45.9 Å². The van der Waals surface area contributed by atoms with Gasteiger partial charge in [-0.2, -0.15) is 0 Å². The molecule has 0 aliphatic carbocycles. The van der Waals surface area contributed by atoms with E-state index < -0.39 is 0 Å². The minimum atomic E-state index is -0.142. The van der Waals surface area contributed by atoms with E-state index >= 15 is 0 Å². The zero-order chi connectivity index (χ0) is 18.1. The summed E-state index contributed by atoms with van der Waals surface area (Å²) in [7, 11) is 0. The Morgan fingerprint density at radius 3 is 2.73 bits per heavy atom. The Hall–Kier alpha value is -3.05. The van der Waals surface area contributed by atoms with Gasteiger partial charge in [0.05, 0.1) is 11.2 Å². The molecule has 1 N–H and O–H groups in total. The fourth-order valence-electron chi connectivity index (χ4n) is 3.18. The molecule has 1 amide bonds. The minimum absolute atomic E-state index is 0.142. The third-order valence-corrected chi connectivity index (χ3v) is 4.76. The van der Waals surface area contributed by atoms with Crippen molar-refractivity contribution in [1.29, 1.82) is 0 Å². The number of fused-ring (bicyclic) bond motifs is 1.